The molecule has 0 spiro atoms. The Morgan fingerprint density at radius 2 is 2.19 bits per heavy atom. The Hall–Kier alpha value is -2.73. The van der Waals surface area contributed by atoms with Crippen molar-refractivity contribution in [3.8, 4) is 0 Å². The minimum Gasteiger partial charge on any atom is -0.352 e. The van der Waals surface area contributed by atoms with Gasteiger partial charge in [0, 0.05) is 31.3 Å². The van der Waals surface area contributed by atoms with Crippen molar-refractivity contribution < 1.29 is 4.79 Å². The summed E-state index contributed by atoms with van der Waals surface area (Å²) in [6.07, 6.45) is 5.95. The Morgan fingerprint density at radius 3 is 3.07 bits per heavy atom. The second-order valence-corrected chi connectivity index (χ2v) is 7.07. The van der Waals surface area contributed by atoms with Crippen LogP contribution in [0.15, 0.2) is 48.7 Å². The predicted octanol–water partition coefficient (Wildman–Crippen LogP) is 2.56. The molecule has 4 rings (SSSR count). The molecule has 27 heavy (non-hydrogen) atoms. The van der Waals surface area contributed by atoms with Crippen LogP contribution in [0.25, 0.3) is 5.65 Å². The predicted molar refractivity (Wildman–Crippen MR) is 105 cm³/mol. The molecule has 6 heteroatoms. The van der Waals surface area contributed by atoms with Crippen LogP contribution < -0.4 is 10.6 Å². The van der Waals surface area contributed by atoms with E-state index in [9.17, 15) is 4.79 Å². The molecule has 1 atom stereocenters. The number of nitrogens with zero attached hydrogens (tertiary/aromatic N) is 3. The molecule has 1 saturated heterocycles. The van der Waals surface area contributed by atoms with Gasteiger partial charge in [0.15, 0.2) is 5.65 Å². The number of fused-ring (bicyclic) bond motifs is 1. The molecule has 6 nitrogen and oxygen atoms in total. The van der Waals surface area contributed by atoms with Crippen molar-refractivity contribution in [3.63, 3.8) is 0 Å². The molecule has 0 saturated carbocycles. The fraction of sp³-hybridized carbons (Fsp3) is 0.381. The van der Waals surface area contributed by atoms with Crippen LogP contribution in [0.2, 0.25) is 0 Å². The average Bonchev–Trinajstić information content (AvgIpc) is 3.15. The molecule has 2 aromatic heterocycles. The SMILES string of the molecule is O=C(NCCCc1nnc2ccccn12)c1cccc([C@@H]2CCCNC2)c1. The summed E-state index contributed by atoms with van der Waals surface area (Å²) in [5.41, 5.74) is 2.85. The van der Waals surface area contributed by atoms with E-state index in [4.69, 9.17) is 0 Å². The number of rotatable bonds is 6. The zero-order valence-electron chi connectivity index (χ0n) is 15.4. The van der Waals surface area contributed by atoms with Crippen LogP contribution in [0.5, 0.6) is 0 Å². The van der Waals surface area contributed by atoms with E-state index < -0.39 is 0 Å². The van der Waals surface area contributed by atoms with E-state index in [0.29, 0.717) is 12.5 Å². The van der Waals surface area contributed by atoms with Gasteiger partial charge in [0.2, 0.25) is 0 Å². The van der Waals surface area contributed by atoms with E-state index >= 15 is 0 Å². The molecule has 1 aliphatic rings. The van der Waals surface area contributed by atoms with Gasteiger partial charge in [0.05, 0.1) is 0 Å². The molecule has 1 amide bonds. The molecule has 1 fully saturated rings. The van der Waals surface area contributed by atoms with Gasteiger partial charge in [-0.3, -0.25) is 9.20 Å². The summed E-state index contributed by atoms with van der Waals surface area (Å²) in [5, 5.41) is 14.8. The molecular weight excluding hydrogens is 338 g/mol. The summed E-state index contributed by atoms with van der Waals surface area (Å²) < 4.78 is 1.99. The van der Waals surface area contributed by atoms with Gasteiger partial charge in [-0.1, -0.05) is 18.2 Å². The van der Waals surface area contributed by atoms with Crippen LogP contribution in [0, 0.1) is 0 Å². The molecule has 0 unspecified atom stereocenters. The molecule has 1 aromatic carbocycles. The lowest BCUT2D eigenvalue weighted by Gasteiger charge is -2.23. The van der Waals surface area contributed by atoms with Gasteiger partial charge in [0.1, 0.15) is 5.82 Å². The molecule has 3 heterocycles. The number of hydrogen-bond acceptors (Lipinski definition) is 4. The van der Waals surface area contributed by atoms with Gasteiger partial charge in [0.25, 0.3) is 5.91 Å². The Kier molecular flexibility index (Phi) is 5.44. The zero-order chi connectivity index (χ0) is 18.5. The highest BCUT2D eigenvalue weighted by molar-refractivity contribution is 5.94. The highest BCUT2D eigenvalue weighted by Gasteiger charge is 2.16. The second-order valence-electron chi connectivity index (χ2n) is 7.07. The number of aryl methyl sites for hydroxylation is 1. The van der Waals surface area contributed by atoms with E-state index in [2.05, 4.69) is 26.9 Å². The molecule has 1 aliphatic heterocycles. The van der Waals surface area contributed by atoms with Crippen molar-refractivity contribution in [3.05, 3.63) is 65.6 Å². The fourth-order valence-electron chi connectivity index (χ4n) is 3.68. The van der Waals surface area contributed by atoms with Gasteiger partial charge in [-0.15, -0.1) is 10.2 Å². The number of benzene rings is 1. The van der Waals surface area contributed by atoms with Gasteiger partial charge in [-0.2, -0.15) is 0 Å². The Labute approximate surface area is 159 Å². The van der Waals surface area contributed by atoms with Gasteiger partial charge >= 0.3 is 0 Å². The average molecular weight is 363 g/mol. The lowest BCUT2D eigenvalue weighted by molar-refractivity contribution is 0.0953. The third-order valence-corrected chi connectivity index (χ3v) is 5.16. The van der Waals surface area contributed by atoms with Crippen molar-refractivity contribution in [1.29, 1.82) is 0 Å². The number of piperidine rings is 1. The van der Waals surface area contributed by atoms with E-state index in [-0.39, 0.29) is 5.91 Å². The molecule has 0 bridgehead atoms. The highest BCUT2D eigenvalue weighted by Crippen LogP contribution is 2.23. The first-order chi connectivity index (χ1) is 13.3. The Morgan fingerprint density at radius 1 is 1.22 bits per heavy atom. The summed E-state index contributed by atoms with van der Waals surface area (Å²) in [6.45, 7) is 2.71. The Balaban J connectivity index is 1.30. The molecule has 3 aromatic rings. The van der Waals surface area contributed by atoms with Crippen molar-refractivity contribution >= 4 is 11.6 Å². The van der Waals surface area contributed by atoms with Gasteiger partial charge < -0.3 is 10.6 Å². The number of aromatic nitrogens is 3. The van der Waals surface area contributed by atoms with Crippen LogP contribution in [0.4, 0.5) is 0 Å². The first-order valence-electron chi connectivity index (χ1n) is 9.69. The molecule has 140 valence electrons. The summed E-state index contributed by atoms with van der Waals surface area (Å²) in [7, 11) is 0. The van der Waals surface area contributed by atoms with E-state index in [1.165, 1.54) is 18.4 Å². The zero-order valence-corrected chi connectivity index (χ0v) is 15.4. The van der Waals surface area contributed by atoms with Crippen LogP contribution in [-0.2, 0) is 6.42 Å². The number of pyridine rings is 1. The van der Waals surface area contributed by atoms with E-state index in [0.717, 1.165) is 43.0 Å². The van der Waals surface area contributed by atoms with E-state index in [1.807, 2.05) is 47.0 Å². The summed E-state index contributed by atoms with van der Waals surface area (Å²) in [6, 6.07) is 13.9. The fourth-order valence-corrected chi connectivity index (χ4v) is 3.68. The van der Waals surface area contributed by atoms with Gasteiger partial charge in [-0.05, 0) is 61.6 Å². The molecule has 2 N–H and O–H groups in total. The molecule has 0 radical (unpaired) electrons. The topological polar surface area (TPSA) is 71.3 Å². The monoisotopic (exact) mass is 363 g/mol. The summed E-state index contributed by atoms with van der Waals surface area (Å²) in [4.78, 5) is 12.5. The van der Waals surface area contributed by atoms with Crippen LogP contribution in [0.3, 0.4) is 0 Å². The van der Waals surface area contributed by atoms with Crippen LogP contribution in [-0.4, -0.2) is 40.1 Å². The number of amides is 1. The maximum atomic E-state index is 12.5. The summed E-state index contributed by atoms with van der Waals surface area (Å²) in [5.74, 6) is 1.42. The summed E-state index contributed by atoms with van der Waals surface area (Å²) >= 11 is 0. The Bertz CT molecular complexity index is 914. The van der Waals surface area contributed by atoms with Crippen LogP contribution >= 0.6 is 0 Å². The van der Waals surface area contributed by atoms with Crippen molar-refractivity contribution in [1.82, 2.24) is 25.2 Å². The first-order valence-corrected chi connectivity index (χ1v) is 9.69. The molecule has 0 aliphatic carbocycles. The molecular formula is C21H25N5O. The lowest BCUT2D eigenvalue weighted by atomic mass is 9.90. The second kappa shape index (κ2) is 8.31. The van der Waals surface area contributed by atoms with Crippen molar-refractivity contribution in [2.75, 3.05) is 19.6 Å². The number of carbonyl (C=O) groups excluding carboxylic acids is 1. The lowest BCUT2D eigenvalue weighted by Crippen LogP contribution is -2.29. The normalized spacial score (nSPS) is 17.1. The maximum absolute atomic E-state index is 12.5. The smallest absolute Gasteiger partial charge is 0.251 e. The van der Waals surface area contributed by atoms with Crippen molar-refractivity contribution in [2.24, 2.45) is 0 Å². The largest absolute Gasteiger partial charge is 0.352 e. The third kappa shape index (κ3) is 4.17. The van der Waals surface area contributed by atoms with Gasteiger partial charge in [-0.25, -0.2) is 0 Å². The van der Waals surface area contributed by atoms with E-state index in [1.54, 1.807) is 0 Å². The highest BCUT2D eigenvalue weighted by atomic mass is 16.1. The number of nitrogens with one attached hydrogen (secondary N) is 2. The maximum Gasteiger partial charge on any atom is 0.251 e. The standard InChI is InChI=1S/C21H25N5O/c27-21(17-7-3-6-16(14-17)18-8-4-11-22-15-18)23-12-5-10-20-25-24-19-9-1-2-13-26(19)20/h1-3,6-7,9,13-14,18,22H,4-5,8,10-12,15H2,(H,23,27)/t18-/m1/s1. The number of hydrogen-bond donors (Lipinski definition) is 2. The minimum absolute atomic E-state index is 0.00767. The third-order valence-electron chi connectivity index (χ3n) is 5.16. The van der Waals surface area contributed by atoms with Crippen LogP contribution in [0.1, 0.15) is 46.9 Å². The number of carbonyl (C=O) groups is 1. The quantitative estimate of drug-likeness (QED) is 0.660. The minimum atomic E-state index is -0.00767. The van der Waals surface area contributed by atoms with Crippen molar-refractivity contribution in [2.45, 2.75) is 31.6 Å². The first kappa shape index (κ1) is 17.7.